The van der Waals surface area contributed by atoms with Crippen molar-refractivity contribution in [3.63, 3.8) is 0 Å². The Kier molecular flexibility index (Phi) is 5.76. The summed E-state index contributed by atoms with van der Waals surface area (Å²) in [6.07, 6.45) is 0.860. The Morgan fingerprint density at radius 3 is 2.74 bits per heavy atom. The van der Waals surface area contributed by atoms with E-state index in [0.29, 0.717) is 24.1 Å². The standard InChI is InChI=1S/C23H18FN3O5S2/c24-15-7-9-16(10-8-15)34(30,31)27-11-3-5-19(27)21(28)26-23-25-18(13-33-23)17-12-14-4-1-2-6-20(14)32-22(17)29/h1-2,4,6-10,12-13,19H,3,5,11H2,(H,25,26,28). The molecular weight excluding hydrogens is 481 g/mol. The molecular formula is C23H18FN3O5S2. The lowest BCUT2D eigenvalue weighted by atomic mass is 10.1. The van der Waals surface area contributed by atoms with E-state index in [1.807, 2.05) is 12.1 Å². The quantitative estimate of drug-likeness (QED) is 0.418. The van der Waals surface area contributed by atoms with E-state index >= 15 is 0 Å². The van der Waals surface area contributed by atoms with E-state index in [9.17, 15) is 22.4 Å². The van der Waals surface area contributed by atoms with Crippen LogP contribution < -0.4 is 10.9 Å². The van der Waals surface area contributed by atoms with Gasteiger partial charge in [0.05, 0.1) is 16.2 Å². The SMILES string of the molecule is O=C(Nc1nc(-c2cc3ccccc3oc2=O)cs1)C1CCCN1S(=O)(=O)c1ccc(F)cc1. The number of para-hydroxylation sites is 1. The van der Waals surface area contributed by atoms with Crippen LogP contribution in [0.5, 0.6) is 0 Å². The second-order valence-corrected chi connectivity index (χ2v) is 10.5. The van der Waals surface area contributed by atoms with E-state index in [1.165, 1.54) is 12.1 Å². The third-order valence-corrected chi connectivity index (χ3v) is 8.26. The van der Waals surface area contributed by atoms with Crippen LogP contribution in [0, 0.1) is 5.82 Å². The minimum Gasteiger partial charge on any atom is -0.422 e. The number of nitrogens with one attached hydrogen (secondary N) is 1. The maximum Gasteiger partial charge on any atom is 0.345 e. The summed E-state index contributed by atoms with van der Waals surface area (Å²) in [4.78, 5) is 29.6. The molecule has 34 heavy (non-hydrogen) atoms. The molecule has 0 radical (unpaired) electrons. The molecule has 0 aliphatic carbocycles. The van der Waals surface area contributed by atoms with Crippen molar-refractivity contribution in [2.45, 2.75) is 23.8 Å². The summed E-state index contributed by atoms with van der Waals surface area (Å²) >= 11 is 1.12. The number of thiazole rings is 1. The average Bonchev–Trinajstić information content (AvgIpc) is 3.49. The van der Waals surface area contributed by atoms with Gasteiger partial charge in [-0.05, 0) is 49.2 Å². The number of sulfonamides is 1. The molecule has 2 aromatic heterocycles. The summed E-state index contributed by atoms with van der Waals surface area (Å²) in [5, 5.41) is 5.26. The monoisotopic (exact) mass is 499 g/mol. The third kappa shape index (κ3) is 4.13. The molecule has 1 aliphatic rings. The van der Waals surface area contributed by atoms with E-state index in [1.54, 1.807) is 23.6 Å². The summed E-state index contributed by atoms with van der Waals surface area (Å²) < 4.78 is 45.7. The summed E-state index contributed by atoms with van der Waals surface area (Å²) in [5.74, 6) is -1.07. The molecule has 8 nitrogen and oxygen atoms in total. The van der Waals surface area contributed by atoms with Gasteiger partial charge in [0.15, 0.2) is 5.13 Å². The highest BCUT2D eigenvalue weighted by Gasteiger charge is 2.39. The maximum absolute atomic E-state index is 13.2. The molecule has 1 amide bonds. The molecule has 174 valence electrons. The molecule has 1 aliphatic heterocycles. The van der Waals surface area contributed by atoms with Gasteiger partial charge in [0, 0.05) is 17.3 Å². The van der Waals surface area contributed by atoms with E-state index in [2.05, 4.69) is 10.3 Å². The molecule has 1 unspecified atom stereocenters. The van der Waals surface area contributed by atoms with Crippen molar-refractivity contribution in [1.29, 1.82) is 0 Å². The number of carbonyl (C=O) groups is 1. The van der Waals surface area contributed by atoms with Gasteiger partial charge in [-0.2, -0.15) is 4.31 Å². The van der Waals surface area contributed by atoms with Crippen LogP contribution in [0.2, 0.25) is 0 Å². The van der Waals surface area contributed by atoms with Crippen molar-refractivity contribution < 1.29 is 22.0 Å². The fourth-order valence-corrected chi connectivity index (χ4v) is 6.29. The molecule has 4 aromatic rings. The van der Waals surface area contributed by atoms with E-state index in [4.69, 9.17) is 4.42 Å². The van der Waals surface area contributed by atoms with E-state index in [0.717, 1.165) is 33.2 Å². The zero-order valence-electron chi connectivity index (χ0n) is 17.6. The molecule has 1 atom stereocenters. The van der Waals surface area contributed by atoms with Gasteiger partial charge < -0.3 is 9.73 Å². The Hall–Kier alpha value is -3.41. The van der Waals surface area contributed by atoms with Crippen LogP contribution in [0.4, 0.5) is 9.52 Å². The summed E-state index contributed by atoms with van der Waals surface area (Å²) in [6.45, 7) is 0.180. The normalized spacial score (nSPS) is 16.7. The van der Waals surface area contributed by atoms with Crippen LogP contribution in [0.1, 0.15) is 12.8 Å². The van der Waals surface area contributed by atoms with Crippen LogP contribution in [0.25, 0.3) is 22.2 Å². The van der Waals surface area contributed by atoms with E-state index < -0.39 is 33.4 Å². The number of aromatic nitrogens is 1. The Bertz CT molecular complexity index is 1550. The van der Waals surface area contributed by atoms with Crippen molar-refractivity contribution in [1.82, 2.24) is 9.29 Å². The predicted octanol–water partition coefficient (Wildman–Crippen LogP) is 3.85. The van der Waals surface area contributed by atoms with E-state index in [-0.39, 0.29) is 22.1 Å². The number of anilines is 1. The summed E-state index contributed by atoms with van der Waals surface area (Å²) in [5.41, 5.74) is 0.525. The average molecular weight is 500 g/mol. The fourth-order valence-electron chi connectivity index (χ4n) is 3.92. The topological polar surface area (TPSA) is 110 Å². The van der Waals surface area contributed by atoms with Crippen molar-refractivity contribution >= 4 is 43.4 Å². The first-order chi connectivity index (χ1) is 16.3. The van der Waals surface area contributed by atoms with Gasteiger partial charge in [0.25, 0.3) is 0 Å². The lowest BCUT2D eigenvalue weighted by molar-refractivity contribution is -0.119. The molecule has 1 saturated heterocycles. The fraction of sp³-hybridized carbons (Fsp3) is 0.174. The molecule has 11 heteroatoms. The minimum atomic E-state index is -3.97. The second-order valence-electron chi connectivity index (χ2n) is 7.74. The Morgan fingerprint density at radius 1 is 1.18 bits per heavy atom. The van der Waals surface area contributed by atoms with Crippen molar-refractivity contribution in [3.8, 4) is 11.3 Å². The highest BCUT2D eigenvalue weighted by atomic mass is 32.2. The van der Waals surface area contributed by atoms with Crippen molar-refractivity contribution in [2.24, 2.45) is 0 Å². The maximum atomic E-state index is 13.2. The van der Waals surface area contributed by atoms with Crippen molar-refractivity contribution in [2.75, 3.05) is 11.9 Å². The van der Waals surface area contributed by atoms with Crippen molar-refractivity contribution in [3.05, 3.63) is 76.2 Å². The zero-order valence-corrected chi connectivity index (χ0v) is 19.2. The number of fused-ring (bicyclic) bond motifs is 1. The molecule has 0 saturated carbocycles. The van der Waals surface area contributed by atoms with Gasteiger partial charge in [-0.3, -0.25) is 4.79 Å². The molecule has 5 rings (SSSR count). The number of benzene rings is 2. The van der Waals surface area contributed by atoms with Gasteiger partial charge in [-0.1, -0.05) is 18.2 Å². The van der Waals surface area contributed by atoms with Crippen LogP contribution in [0.3, 0.4) is 0 Å². The highest BCUT2D eigenvalue weighted by Crippen LogP contribution is 2.29. The number of halogens is 1. The molecule has 1 fully saturated rings. The number of hydrogen-bond donors (Lipinski definition) is 1. The van der Waals surface area contributed by atoms with Crippen LogP contribution in [-0.4, -0.2) is 36.2 Å². The molecule has 3 heterocycles. The zero-order chi connectivity index (χ0) is 23.9. The molecule has 0 bridgehead atoms. The number of amides is 1. The smallest absolute Gasteiger partial charge is 0.345 e. The Morgan fingerprint density at radius 2 is 1.94 bits per heavy atom. The van der Waals surface area contributed by atoms with Gasteiger partial charge in [-0.25, -0.2) is 22.6 Å². The lowest BCUT2D eigenvalue weighted by Gasteiger charge is -2.23. The Balaban J connectivity index is 1.36. The molecule has 1 N–H and O–H groups in total. The number of rotatable bonds is 5. The third-order valence-electron chi connectivity index (χ3n) is 5.58. The highest BCUT2D eigenvalue weighted by molar-refractivity contribution is 7.89. The second kappa shape index (κ2) is 8.75. The van der Waals surface area contributed by atoms with Gasteiger partial charge >= 0.3 is 5.63 Å². The predicted molar refractivity (Wildman–Crippen MR) is 126 cm³/mol. The number of hydrogen-bond acceptors (Lipinski definition) is 7. The largest absolute Gasteiger partial charge is 0.422 e. The van der Waals surface area contributed by atoms with Gasteiger partial charge in [0.1, 0.15) is 17.4 Å². The lowest BCUT2D eigenvalue weighted by Crippen LogP contribution is -2.43. The number of nitrogens with zero attached hydrogens (tertiary/aromatic N) is 2. The van der Waals surface area contributed by atoms with Crippen LogP contribution in [0.15, 0.2) is 74.1 Å². The first-order valence-corrected chi connectivity index (χ1v) is 12.7. The van der Waals surface area contributed by atoms with Crippen LogP contribution >= 0.6 is 11.3 Å². The molecule has 2 aromatic carbocycles. The molecule has 0 spiro atoms. The first kappa shape index (κ1) is 22.4. The first-order valence-electron chi connectivity index (χ1n) is 10.4. The van der Waals surface area contributed by atoms with Gasteiger partial charge in [-0.15, -0.1) is 11.3 Å². The minimum absolute atomic E-state index is 0.0758. The Labute approximate surface area is 197 Å². The van der Waals surface area contributed by atoms with Gasteiger partial charge in [0.2, 0.25) is 15.9 Å². The number of carbonyl (C=O) groups excluding carboxylic acids is 1. The summed E-state index contributed by atoms with van der Waals surface area (Å²) in [7, 11) is -3.97. The summed E-state index contributed by atoms with van der Waals surface area (Å²) in [6, 6.07) is 12.4. The van der Waals surface area contributed by atoms with Crippen LogP contribution in [-0.2, 0) is 14.8 Å².